The normalized spacial score (nSPS) is 18.4. The van der Waals surface area contributed by atoms with Crippen LogP contribution in [0.5, 0.6) is 0 Å². The first kappa shape index (κ1) is 5.57. The van der Waals surface area contributed by atoms with Gasteiger partial charge in [0, 0.05) is 6.54 Å². The van der Waals surface area contributed by atoms with Crippen molar-refractivity contribution in [2.75, 3.05) is 6.54 Å². The number of hydrogen-bond acceptors (Lipinski definition) is 1. The van der Waals surface area contributed by atoms with Gasteiger partial charge < -0.3 is 5.73 Å². The van der Waals surface area contributed by atoms with Crippen molar-refractivity contribution in [1.29, 1.82) is 0 Å². The molecule has 2 N–H and O–H groups in total. The molecule has 0 aromatic heterocycles. The molecule has 1 aliphatic carbocycles. The molecule has 0 atom stereocenters. The molecule has 0 aromatic carbocycles. The molecular weight excluding hydrogens is 98.1 g/mol. The van der Waals surface area contributed by atoms with Gasteiger partial charge in [-0.1, -0.05) is 18.2 Å². The summed E-state index contributed by atoms with van der Waals surface area (Å²) < 4.78 is 0. The molecule has 0 saturated carbocycles. The molecule has 8 heavy (non-hydrogen) atoms. The predicted molar refractivity (Wildman–Crippen MR) is 35.2 cm³/mol. The van der Waals surface area contributed by atoms with Gasteiger partial charge in [0.15, 0.2) is 0 Å². The summed E-state index contributed by atoms with van der Waals surface area (Å²) >= 11 is 0. The topological polar surface area (TPSA) is 26.0 Å². The second-order valence-electron chi connectivity index (χ2n) is 1.82. The number of allylic oxidation sites excluding steroid dienone is 2. The van der Waals surface area contributed by atoms with Crippen LogP contribution in [0.25, 0.3) is 0 Å². The third-order valence-corrected chi connectivity index (χ3v) is 1.17. The summed E-state index contributed by atoms with van der Waals surface area (Å²) in [6.45, 7) is 0.660. The summed E-state index contributed by atoms with van der Waals surface area (Å²) in [7, 11) is 0. The largest absolute Gasteiger partial charge is 0.327 e. The van der Waals surface area contributed by atoms with Crippen molar-refractivity contribution in [2.24, 2.45) is 5.73 Å². The molecule has 43 valence electrons. The zero-order valence-electron chi connectivity index (χ0n) is 4.80. The Bertz CT molecular complexity index is 122. The van der Waals surface area contributed by atoms with Gasteiger partial charge in [-0.05, 0) is 18.4 Å². The molecule has 1 aliphatic rings. The van der Waals surface area contributed by atoms with Gasteiger partial charge in [0.25, 0.3) is 0 Å². The van der Waals surface area contributed by atoms with E-state index in [0.717, 1.165) is 6.42 Å². The van der Waals surface area contributed by atoms with Gasteiger partial charge in [-0.15, -0.1) is 0 Å². The monoisotopic (exact) mass is 108 g/mol. The maximum atomic E-state index is 5.36. The van der Waals surface area contributed by atoms with Crippen molar-refractivity contribution in [1.82, 2.24) is 0 Å². The van der Waals surface area contributed by atoms with Gasteiger partial charge in [-0.3, -0.25) is 0 Å². The predicted octanol–water partition coefficient (Wildman–Crippen LogP) is 1.04. The van der Waals surface area contributed by atoms with E-state index in [1.165, 1.54) is 5.57 Å². The molecule has 1 nitrogen and oxygen atoms in total. The van der Waals surface area contributed by atoms with Crippen LogP contribution in [-0.2, 0) is 0 Å². The Labute approximate surface area is 49.9 Å². The average Bonchev–Trinajstić information content (AvgIpc) is 1.90. The van der Waals surface area contributed by atoms with Crippen molar-refractivity contribution >= 4 is 0 Å². The van der Waals surface area contributed by atoms with Crippen molar-refractivity contribution in [3.63, 3.8) is 0 Å². The second-order valence-corrected chi connectivity index (χ2v) is 1.82. The smallest absolute Gasteiger partial charge is 0.0174 e. The van der Waals surface area contributed by atoms with Crippen LogP contribution in [0.4, 0.5) is 0 Å². The highest BCUT2D eigenvalue weighted by Crippen LogP contribution is 2.05. The lowest BCUT2D eigenvalue weighted by molar-refractivity contribution is 1.13. The van der Waals surface area contributed by atoms with Crippen molar-refractivity contribution in [3.8, 4) is 0 Å². The second kappa shape index (κ2) is 2.68. The molecular formula is C7H10N. The van der Waals surface area contributed by atoms with Crippen LogP contribution in [0, 0.1) is 6.42 Å². The maximum absolute atomic E-state index is 5.36. The lowest BCUT2D eigenvalue weighted by atomic mass is 10.1. The SMILES string of the molecule is NCC1=C[CH]CC=C1. The van der Waals surface area contributed by atoms with E-state index in [2.05, 4.69) is 24.6 Å². The van der Waals surface area contributed by atoms with Crippen molar-refractivity contribution in [3.05, 3.63) is 30.2 Å². The number of rotatable bonds is 1. The quantitative estimate of drug-likeness (QED) is 0.533. The van der Waals surface area contributed by atoms with Crippen LogP contribution in [0.15, 0.2) is 23.8 Å². The summed E-state index contributed by atoms with van der Waals surface area (Å²) in [6.07, 6.45) is 9.42. The van der Waals surface area contributed by atoms with E-state index in [1.54, 1.807) is 0 Å². The van der Waals surface area contributed by atoms with Crippen LogP contribution in [-0.4, -0.2) is 6.54 Å². The van der Waals surface area contributed by atoms with Gasteiger partial charge in [0.2, 0.25) is 0 Å². The summed E-state index contributed by atoms with van der Waals surface area (Å²) in [5, 5.41) is 0. The van der Waals surface area contributed by atoms with E-state index in [0.29, 0.717) is 6.54 Å². The number of nitrogens with two attached hydrogens (primary N) is 1. The third-order valence-electron chi connectivity index (χ3n) is 1.17. The Hall–Kier alpha value is -0.560. The molecule has 0 unspecified atom stereocenters. The van der Waals surface area contributed by atoms with Gasteiger partial charge in [0.05, 0.1) is 0 Å². The Morgan fingerprint density at radius 2 is 2.50 bits per heavy atom. The van der Waals surface area contributed by atoms with Gasteiger partial charge in [-0.25, -0.2) is 0 Å². The fraction of sp³-hybridized carbons (Fsp3) is 0.286. The molecule has 0 bridgehead atoms. The molecule has 0 aliphatic heterocycles. The van der Waals surface area contributed by atoms with E-state index in [1.807, 2.05) is 0 Å². The molecule has 1 radical (unpaired) electrons. The average molecular weight is 108 g/mol. The Morgan fingerprint density at radius 1 is 1.62 bits per heavy atom. The summed E-state index contributed by atoms with van der Waals surface area (Å²) in [6, 6.07) is 0. The zero-order valence-corrected chi connectivity index (χ0v) is 4.80. The minimum Gasteiger partial charge on any atom is -0.327 e. The van der Waals surface area contributed by atoms with Crippen LogP contribution in [0.3, 0.4) is 0 Å². The summed E-state index contributed by atoms with van der Waals surface area (Å²) in [5.74, 6) is 0. The van der Waals surface area contributed by atoms with Crippen molar-refractivity contribution in [2.45, 2.75) is 6.42 Å². The fourth-order valence-corrected chi connectivity index (χ4v) is 0.709. The minimum absolute atomic E-state index is 0.660. The first-order chi connectivity index (χ1) is 3.93. The van der Waals surface area contributed by atoms with E-state index < -0.39 is 0 Å². The Kier molecular flexibility index (Phi) is 1.86. The molecule has 0 heterocycles. The van der Waals surface area contributed by atoms with Crippen LogP contribution >= 0.6 is 0 Å². The van der Waals surface area contributed by atoms with Gasteiger partial charge >= 0.3 is 0 Å². The van der Waals surface area contributed by atoms with Crippen LogP contribution < -0.4 is 5.73 Å². The minimum atomic E-state index is 0.660. The van der Waals surface area contributed by atoms with Gasteiger partial charge in [-0.2, -0.15) is 0 Å². The summed E-state index contributed by atoms with van der Waals surface area (Å²) in [4.78, 5) is 0. The lowest BCUT2D eigenvalue weighted by Crippen LogP contribution is -2.02. The van der Waals surface area contributed by atoms with E-state index in [4.69, 9.17) is 5.73 Å². The first-order valence-corrected chi connectivity index (χ1v) is 2.82. The molecule has 0 fully saturated rings. The third kappa shape index (κ3) is 1.20. The zero-order chi connectivity index (χ0) is 5.82. The molecule has 0 aromatic rings. The molecule has 0 spiro atoms. The van der Waals surface area contributed by atoms with Crippen molar-refractivity contribution < 1.29 is 0 Å². The molecule has 0 saturated heterocycles. The molecule has 1 heteroatoms. The fourth-order valence-electron chi connectivity index (χ4n) is 0.709. The summed E-state index contributed by atoms with van der Waals surface area (Å²) in [5.41, 5.74) is 6.58. The van der Waals surface area contributed by atoms with Crippen LogP contribution in [0.1, 0.15) is 6.42 Å². The van der Waals surface area contributed by atoms with E-state index >= 15 is 0 Å². The maximum Gasteiger partial charge on any atom is 0.0174 e. The highest BCUT2D eigenvalue weighted by Gasteiger charge is 1.91. The van der Waals surface area contributed by atoms with E-state index in [9.17, 15) is 0 Å². The molecule has 0 amide bonds. The number of hydrogen-bond donors (Lipinski definition) is 1. The molecule has 1 rings (SSSR count). The highest BCUT2D eigenvalue weighted by molar-refractivity contribution is 5.27. The highest BCUT2D eigenvalue weighted by atomic mass is 14.5. The lowest BCUT2D eigenvalue weighted by Gasteiger charge is -2.00. The Morgan fingerprint density at radius 3 is 2.88 bits per heavy atom. The first-order valence-electron chi connectivity index (χ1n) is 2.82. The van der Waals surface area contributed by atoms with Gasteiger partial charge in [0.1, 0.15) is 0 Å². The van der Waals surface area contributed by atoms with Crippen LogP contribution in [0.2, 0.25) is 0 Å². The Balaban J connectivity index is 2.51. The van der Waals surface area contributed by atoms with E-state index in [-0.39, 0.29) is 0 Å². The standard InChI is InChI=1S/C7H10N/c8-6-7-4-2-1-3-5-7/h2-5H,1,6,8H2.